The Balaban J connectivity index is 1.87. The predicted octanol–water partition coefficient (Wildman–Crippen LogP) is 1.61. The van der Waals surface area contributed by atoms with E-state index in [9.17, 15) is 4.79 Å². The standard InChI is InChI=1S/C15H23N3O/c1-12(2)17-14-7-5-10-18(15(14)19)11-8-13-6-3-4-9-16-13/h3-4,6,9,12,14,17H,5,7-8,10-11H2,1-2H3. The highest BCUT2D eigenvalue weighted by Crippen LogP contribution is 2.13. The number of carbonyl (C=O) groups is 1. The van der Waals surface area contributed by atoms with Crippen LogP contribution in [0.2, 0.25) is 0 Å². The third-order valence-electron chi connectivity index (χ3n) is 3.43. The first kappa shape index (κ1) is 14.0. The maximum absolute atomic E-state index is 12.3. The van der Waals surface area contributed by atoms with Gasteiger partial charge in [0.1, 0.15) is 0 Å². The van der Waals surface area contributed by atoms with Crippen molar-refractivity contribution in [3.05, 3.63) is 30.1 Å². The molecule has 0 aliphatic carbocycles. The molecule has 1 fully saturated rings. The van der Waals surface area contributed by atoms with Gasteiger partial charge in [0.15, 0.2) is 0 Å². The molecule has 0 bridgehead atoms. The molecule has 2 heterocycles. The molecule has 0 saturated carbocycles. The molecule has 1 aliphatic rings. The van der Waals surface area contributed by atoms with Gasteiger partial charge >= 0.3 is 0 Å². The Morgan fingerprint density at radius 3 is 3.00 bits per heavy atom. The second kappa shape index (κ2) is 6.66. The van der Waals surface area contributed by atoms with Gasteiger partial charge in [-0.15, -0.1) is 0 Å². The van der Waals surface area contributed by atoms with Gasteiger partial charge in [-0.1, -0.05) is 19.9 Å². The molecule has 1 saturated heterocycles. The second-order valence-electron chi connectivity index (χ2n) is 5.41. The Kier molecular flexibility index (Phi) is 4.91. The minimum Gasteiger partial charge on any atom is -0.341 e. The molecule has 1 atom stereocenters. The van der Waals surface area contributed by atoms with Crippen LogP contribution in [0.5, 0.6) is 0 Å². The zero-order valence-electron chi connectivity index (χ0n) is 11.8. The summed E-state index contributed by atoms with van der Waals surface area (Å²) in [5, 5.41) is 3.35. The minimum atomic E-state index is -0.00233. The zero-order valence-corrected chi connectivity index (χ0v) is 11.8. The highest BCUT2D eigenvalue weighted by atomic mass is 16.2. The van der Waals surface area contributed by atoms with Gasteiger partial charge in [-0.05, 0) is 25.0 Å². The summed E-state index contributed by atoms with van der Waals surface area (Å²) in [6.45, 7) is 5.81. The van der Waals surface area contributed by atoms with E-state index in [1.807, 2.05) is 23.1 Å². The molecule has 2 rings (SSSR count). The van der Waals surface area contributed by atoms with Crippen molar-refractivity contribution >= 4 is 5.91 Å². The van der Waals surface area contributed by atoms with E-state index in [-0.39, 0.29) is 11.9 Å². The lowest BCUT2D eigenvalue weighted by Crippen LogP contribution is -2.52. The van der Waals surface area contributed by atoms with Gasteiger partial charge in [-0.2, -0.15) is 0 Å². The van der Waals surface area contributed by atoms with E-state index >= 15 is 0 Å². The summed E-state index contributed by atoms with van der Waals surface area (Å²) >= 11 is 0. The molecule has 4 nitrogen and oxygen atoms in total. The maximum atomic E-state index is 12.3. The molecule has 104 valence electrons. The monoisotopic (exact) mass is 261 g/mol. The number of carbonyl (C=O) groups excluding carboxylic acids is 1. The fraction of sp³-hybridized carbons (Fsp3) is 0.600. The number of piperidine rings is 1. The first-order chi connectivity index (χ1) is 9.16. The average Bonchev–Trinajstić information content (AvgIpc) is 2.40. The van der Waals surface area contributed by atoms with Crippen LogP contribution in [0.1, 0.15) is 32.4 Å². The molecular weight excluding hydrogens is 238 g/mol. The van der Waals surface area contributed by atoms with Crippen molar-refractivity contribution < 1.29 is 4.79 Å². The van der Waals surface area contributed by atoms with Gasteiger partial charge in [-0.3, -0.25) is 9.78 Å². The van der Waals surface area contributed by atoms with Gasteiger partial charge in [0, 0.05) is 37.4 Å². The molecule has 1 aromatic rings. The third kappa shape index (κ3) is 4.03. The molecule has 4 heteroatoms. The van der Waals surface area contributed by atoms with Crippen molar-refractivity contribution in [2.24, 2.45) is 0 Å². The van der Waals surface area contributed by atoms with Crippen LogP contribution in [0.4, 0.5) is 0 Å². The van der Waals surface area contributed by atoms with Gasteiger partial charge in [0.2, 0.25) is 5.91 Å². The molecule has 19 heavy (non-hydrogen) atoms. The van der Waals surface area contributed by atoms with E-state index in [0.717, 1.165) is 38.0 Å². The fourth-order valence-corrected chi connectivity index (χ4v) is 2.51. The van der Waals surface area contributed by atoms with Crippen molar-refractivity contribution in [3.63, 3.8) is 0 Å². The molecule has 1 amide bonds. The summed E-state index contributed by atoms with van der Waals surface area (Å²) in [7, 11) is 0. The Bertz CT molecular complexity index is 405. The lowest BCUT2D eigenvalue weighted by atomic mass is 10.0. The number of aromatic nitrogens is 1. The van der Waals surface area contributed by atoms with Crippen molar-refractivity contribution in [1.29, 1.82) is 0 Å². The molecule has 1 unspecified atom stereocenters. The number of amides is 1. The van der Waals surface area contributed by atoms with Crippen LogP contribution in [0, 0.1) is 0 Å². The largest absolute Gasteiger partial charge is 0.341 e. The van der Waals surface area contributed by atoms with Crippen molar-refractivity contribution in [1.82, 2.24) is 15.2 Å². The number of hydrogen-bond donors (Lipinski definition) is 1. The molecule has 1 aliphatic heterocycles. The smallest absolute Gasteiger partial charge is 0.239 e. The number of pyridine rings is 1. The molecule has 1 aromatic heterocycles. The van der Waals surface area contributed by atoms with Gasteiger partial charge in [0.25, 0.3) is 0 Å². The van der Waals surface area contributed by atoms with E-state index < -0.39 is 0 Å². The molecular formula is C15H23N3O. The zero-order chi connectivity index (χ0) is 13.7. The van der Waals surface area contributed by atoms with E-state index in [4.69, 9.17) is 0 Å². The summed E-state index contributed by atoms with van der Waals surface area (Å²) in [5.74, 6) is 0.246. The SMILES string of the molecule is CC(C)NC1CCCN(CCc2ccccn2)C1=O. The number of likely N-dealkylation sites (tertiary alicyclic amines) is 1. The summed E-state index contributed by atoms with van der Waals surface area (Å²) in [4.78, 5) is 18.6. The van der Waals surface area contributed by atoms with Crippen LogP contribution in [-0.4, -0.2) is 41.0 Å². The van der Waals surface area contributed by atoms with E-state index in [0.29, 0.717) is 6.04 Å². The minimum absolute atomic E-state index is 0.00233. The Morgan fingerprint density at radius 1 is 1.47 bits per heavy atom. The molecule has 1 N–H and O–H groups in total. The van der Waals surface area contributed by atoms with Gasteiger partial charge in [-0.25, -0.2) is 0 Å². The highest BCUT2D eigenvalue weighted by molar-refractivity contribution is 5.82. The summed E-state index contributed by atoms with van der Waals surface area (Å²) in [5.41, 5.74) is 1.05. The van der Waals surface area contributed by atoms with Crippen molar-refractivity contribution in [2.45, 2.75) is 45.2 Å². The van der Waals surface area contributed by atoms with Crippen LogP contribution in [0.15, 0.2) is 24.4 Å². The second-order valence-corrected chi connectivity index (χ2v) is 5.41. The van der Waals surface area contributed by atoms with Crippen LogP contribution < -0.4 is 5.32 Å². The molecule has 0 radical (unpaired) electrons. The van der Waals surface area contributed by atoms with Gasteiger partial charge < -0.3 is 10.2 Å². The lowest BCUT2D eigenvalue weighted by molar-refractivity contribution is -0.136. The van der Waals surface area contributed by atoms with Crippen molar-refractivity contribution in [2.75, 3.05) is 13.1 Å². The summed E-state index contributed by atoms with van der Waals surface area (Å²) < 4.78 is 0. The first-order valence-electron chi connectivity index (χ1n) is 7.11. The predicted molar refractivity (Wildman–Crippen MR) is 75.8 cm³/mol. The van der Waals surface area contributed by atoms with E-state index in [1.54, 1.807) is 6.20 Å². The lowest BCUT2D eigenvalue weighted by Gasteiger charge is -2.33. The van der Waals surface area contributed by atoms with Gasteiger partial charge in [0.05, 0.1) is 6.04 Å². The third-order valence-corrected chi connectivity index (χ3v) is 3.43. The highest BCUT2D eigenvalue weighted by Gasteiger charge is 2.28. The average molecular weight is 261 g/mol. The first-order valence-corrected chi connectivity index (χ1v) is 7.11. The number of nitrogens with zero attached hydrogens (tertiary/aromatic N) is 2. The maximum Gasteiger partial charge on any atom is 0.239 e. The number of nitrogens with one attached hydrogen (secondary N) is 1. The van der Waals surface area contributed by atoms with Crippen molar-refractivity contribution in [3.8, 4) is 0 Å². The quantitative estimate of drug-likeness (QED) is 0.876. The number of rotatable bonds is 5. The Hall–Kier alpha value is -1.42. The van der Waals surface area contributed by atoms with Crippen LogP contribution in [0.3, 0.4) is 0 Å². The number of hydrogen-bond acceptors (Lipinski definition) is 3. The van der Waals surface area contributed by atoms with E-state index in [1.165, 1.54) is 0 Å². The van der Waals surface area contributed by atoms with Crippen LogP contribution >= 0.6 is 0 Å². The normalized spacial score (nSPS) is 20.1. The van der Waals surface area contributed by atoms with Crippen LogP contribution in [-0.2, 0) is 11.2 Å². The summed E-state index contributed by atoms with van der Waals surface area (Å²) in [6.07, 6.45) is 4.67. The molecule has 0 aromatic carbocycles. The Labute approximate surface area is 115 Å². The van der Waals surface area contributed by atoms with Crippen LogP contribution in [0.25, 0.3) is 0 Å². The van der Waals surface area contributed by atoms with E-state index in [2.05, 4.69) is 24.1 Å². The molecule has 0 spiro atoms. The fourth-order valence-electron chi connectivity index (χ4n) is 2.51. The Morgan fingerprint density at radius 2 is 2.32 bits per heavy atom. The topological polar surface area (TPSA) is 45.2 Å². The summed E-state index contributed by atoms with van der Waals surface area (Å²) in [6, 6.07) is 6.27.